The summed E-state index contributed by atoms with van der Waals surface area (Å²) in [4.78, 5) is 28.9. The van der Waals surface area contributed by atoms with E-state index in [1.165, 1.54) is 12.1 Å². The number of phenols is 1. The van der Waals surface area contributed by atoms with Crippen molar-refractivity contribution in [2.24, 2.45) is 0 Å². The highest BCUT2D eigenvalue weighted by Crippen LogP contribution is 2.33. The maximum atomic E-state index is 12.3. The molecular formula is C24H27N3O5. The summed E-state index contributed by atoms with van der Waals surface area (Å²) in [5.41, 5.74) is 8.42. The standard InChI is InChI=1S/C24H27N3O5/c1-3-31-24(30)20-15(2)27-18-10-7-11-19(21(18)22(20)25)32-13-5-4-12-26-23(29)16-8-6-9-17(28)14-16/h6-11,14,28H,3-5,12-13H2,1-2H3,(H2,25,27)(H,26,29). The number of aryl methyl sites for hydroxylation is 1. The Labute approximate surface area is 186 Å². The molecule has 0 fully saturated rings. The van der Waals surface area contributed by atoms with Gasteiger partial charge in [-0.2, -0.15) is 0 Å². The summed E-state index contributed by atoms with van der Waals surface area (Å²) >= 11 is 0. The number of nitrogens with one attached hydrogen (secondary N) is 1. The molecule has 1 heterocycles. The lowest BCUT2D eigenvalue weighted by molar-refractivity contribution is 0.0526. The highest BCUT2D eigenvalue weighted by molar-refractivity contribution is 6.07. The second-order valence-corrected chi connectivity index (χ2v) is 7.22. The number of carbonyl (C=O) groups excluding carboxylic acids is 2. The van der Waals surface area contributed by atoms with Crippen molar-refractivity contribution in [1.29, 1.82) is 0 Å². The zero-order valence-corrected chi connectivity index (χ0v) is 18.2. The van der Waals surface area contributed by atoms with Crippen LogP contribution in [0.4, 0.5) is 5.69 Å². The number of nitrogen functional groups attached to an aromatic ring is 1. The minimum atomic E-state index is -0.505. The molecular weight excluding hydrogens is 410 g/mol. The Morgan fingerprint density at radius 3 is 2.69 bits per heavy atom. The third-order valence-electron chi connectivity index (χ3n) is 4.90. The third-order valence-corrected chi connectivity index (χ3v) is 4.90. The number of amides is 1. The van der Waals surface area contributed by atoms with Gasteiger partial charge in [0.15, 0.2) is 0 Å². The Kier molecular flexibility index (Phi) is 7.49. The number of rotatable bonds is 9. The topological polar surface area (TPSA) is 124 Å². The zero-order valence-electron chi connectivity index (χ0n) is 18.2. The van der Waals surface area contributed by atoms with E-state index in [1.807, 2.05) is 12.1 Å². The largest absolute Gasteiger partial charge is 0.508 e. The molecule has 3 rings (SSSR count). The Balaban J connectivity index is 1.60. The monoisotopic (exact) mass is 437 g/mol. The van der Waals surface area contributed by atoms with Gasteiger partial charge in [0, 0.05) is 12.1 Å². The Bertz CT molecular complexity index is 1130. The molecule has 0 saturated carbocycles. The Morgan fingerprint density at radius 1 is 1.16 bits per heavy atom. The van der Waals surface area contributed by atoms with Gasteiger partial charge in [0.2, 0.25) is 0 Å². The number of anilines is 1. The van der Waals surface area contributed by atoms with Crippen LogP contribution in [0.5, 0.6) is 11.5 Å². The summed E-state index contributed by atoms with van der Waals surface area (Å²) in [6.45, 7) is 4.58. The Morgan fingerprint density at radius 2 is 1.94 bits per heavy atom. The lowest BCUT2D eigenvalue weighted by Gasteiger charge is -2.15. The number of nitrogens with two attached hydrogens (primary N) is 1. The molecule has 8 nitrogen and oxygen atoms in total. The van der Waals surface area contributed by atoms with E-state index >= 15 is 0 Å². The molecule has 3 aromatic rings. The smallest absolute Gasteiger partial charge is 0.342 e. The van der Waals surface area contributed by atoms with Gasteiger partial charge in [-0.05, 0) is 57.0 Å². The molecule has 2 aromatic carbocycles. The van der Waals surface area contributed by atoms with E-state index in [0.29, 0.717) is 59.6 Å². The lowest BCUT2D eigenvalue weighted by Crippen LogP contribution is -2.24. The number of phenolic OH excluding ortho intramolecular Hbond substituents is 1. The van der Waals surface area contributed by atoms with Gasteiger partial charge in [-0.15, -0.1) is 0 Å². The first-order valence-electron chi connectivity index (χ1n) is 10.5. The first kappa shape index (κ1) is 22.9. The molecule has 8 heteroatoms. The van der Waals surface area contributed by atoms with E-state index in [-0.39, 0.29) is 23.8 Å². The maximum absolute atomic E-state index is 12.3. The highest BCUT2D eigenvalue weighted by Gasteiger charge is 2.20. The van der Waals surface area contributed by atoms with Gasteiger partial charge >= 0.3 is 5.97 Å². The number of esters is 1. The second kappa shape index (κ2) is 10.5. The van der Waals surface area contributed by atoms with Gasteiger partial charge in [0.1, 0.15) is 17.1 Å². The van der Waals surface area contributed by atoms with Crippen molar-refractivity contribution in [1.82, 2.24) is 10.3 Å². The second-order valence-electron chi connectivity index (χ2n) is 7.22. The highest BCUT2D eigenvalue weighted by atomic mass is 16.5. The maximum Gasteiger partial charge on any atom is 0.342 e. The number of aromatic hydroxyl groups is 1. The normalized spacial score (nSPS) is 10.7. The van der Waals surface area contributed by atoms with E-state index in [9.17, 15) is 14.7 Å². The number of nitrogens with zero attached hydrogens (tertiary/aromatic N) is 1. The van der Waals surface area contributed by atoms with Crippen molar-refractivity contribution in [3.63, 3.8) is 0 Å². The van der Waals surface area contributed by atoms with E-state index in [2.05, 4.69) is 10.3 Å². The van der Waals surface area contributed by atoms with Crippen molar-refractivity contribution < 1.29 is 24.2 Å². The molecule has 0 aliphatic heterocycles. The van der Waals surface area contributed by atoms with Crippen molar-refractivity contribution in [3.8, 4) is 11.5 Å². The quantitative estimate of drug-likeness (QED) is 0.345. The van der Waals surface area contributed by atoms with Gasteiger partial charge in [-0.3, -0.25) is 9.78 Å². The number of fused-ring (bicyclic) bond motifs is 1. The number of hydrogen-bond donors (Lipinski definition) is 3. The number of pyridine rings is 1. The molecule has 0 radical (unpaired) electrons. The van der Waals surface area contributed by atoms with Gasteiger partial charge in [0.25, 0.3) is 5.91 Å². The average Bonchev–Trinajstić information content (AvgIpc) is 2.76. The first-order valence-corrected chi connectivity index (χ1v) is 10.5. The molecule has 0 aliphatic carbocycles. The van der Waals surface area contributed by atoms with Gasteiger partial charge in [0.05, 0.1) is 35.5 Å². The van der Waals surface area contributed by atoms with E-state index < -0.39 is 5.97 Å². The SMILES string of the molecule is CCOC(=O)c1c(C)nc2cccc(OCCCCNC(=O)c3cccc(O)c3)c2c1N. The minimum absolute atomic E-state index is 0.0520. The molecule has 0 saturated heterocycles. The first-order chi connectivity index (χ1) is 15.4. The molecule has 0 spiro atoms. The van der Waals surface area contributed by atoms with Gasteiger partial charge in [-0.25, -0.2) is 4.79 Å². The van der Waals surface area contributed by atoms with E-state index in [1.54, 1.807) is 32.0 Å². The fraction of sp³-hybridized carbons (Fsp3) is 0.292. The van der Waals surface area contributed by atoms with Crippen LogP contribution in [0, 0.1) is 6.92 Å². The number of ether oxygens (including phenoxy) is 2. The number of benzene rings is 2. The molecule has 0 aliphatic rings. The van der Waals surface area contributed by atoms with Crippen molar-refractivity contribution in [2.75, 3.05) is 25.5 Å². The van der Waals surface area contributed by atoms with Crippen LogP contribution in [0.25, 0.3) is 10.9 Å². The van der Waals surface area contributed by atoms with Crippen LogP contribution in [-0.2, 0) is 4.74 Å². The predicted octanol–water partition coefficient (Wildman–Crippen LogP) is 3.60. The molecule has 0 atom stereocenters. The molecule has 32 heavy (non-hydrogen) atoms. The van der Waals surface area contributed by atoms with Crippen molar-refractivity contribution in [3.05, 3.63) is 59.3 Å². The minimum Gasteiger partial charge on any atom is -0.508 e. The van der Waals surface area contributed by atoms with Crippen molar-refractivity contribution >= 4 is 28.5 Å². The van der Waals surface area contributed by atoms with Gasteiger partial charge < -0.3 is 25.6 Å². The van der Waals surface area contributed by atoms with Crippen LogP contribution in [-0.4, -0.2) is 41.7 Å². The summed E-state index contributed by atoms with van der Waals surface area (Å²) in [5, 5.41) is 12.9. The molecule has 1 aromatic heterocycles. The van der Waals surface area contributed by atoms with Gasteiger partial charge in [-0.1, -0.05) is 12.1 Å². The molecule has 0 unspecified atom stereocenters. The summed E-state index contributed by atoms with van der Waals surface area (Å²) in [7, 11) is 0. The van der Waals surface area contributed by atoms with E-state index in [0.717, 1.165) is 0 Å². The van der Waals surface area contributed by atoms with Crippen LogP contribution in [0.3, 0.4) is 0 Å². The van der Waals surface area contributed by atoms with Crippen LogP contribution < -0.4 is 15.8 Å². The number of carbonyl (C=O) groups is 2. The lowest BCUT2D eigenvalue weighted by atomic mass is 10.1. The van der Waals surface area contributed by atoms with Crippen molar-refractivity contribution in [2.45, 2.75) is 26.7 Å². The fourth-order valence-corrected chi connectivity index (χ4v) is 3.38. The molecule has 1 amide bonds. The molecule has 168 valence electrons. The van der Waals surface area contributed by atoms with Crippen LogP contribution in [0.15, 0.2) is 42.5 Å². The number of hydrogen-bond acceptors (Lipinski definition) is 7. The summed E-state index contributed by atoms with van der Waals surface area (Å²) in [5.74, 6) is -0.149. The number of aromatic nitrogens is 1. The average molecular weight is 437 g/mol. The number of unbranched alkanes of at least 4 members (excludes halogenated alkanes) is 1. The summed E-state index contributed by atoms with van der Waals surface area (Å²) < 4.78 is 11.0. The van der Waals surface area contributed by atoms with Crippen LogP contribution in [0.1, 0.15) is 46.2 Å². The summed E-state index contributed by atoms with van der Waals surface area (Å²) in [6, 6.07) is 11.6. The predicted molar refractivity (Wildman–Crippen MR) is 122 cm³/mol. The third kappa shape index (κ3) is 5.26. The molecule has 4 N–H and O–H groups in total. The van der Waals surface area contributed by atoms with E-state index in [4.69, 9.17) is 15.2 Å². The fourth-order valence-electron chi connectivity index (χ4n) is 3.38. The Hall–Kier alpha value is -3.81. The molecule has 0 bridgehead atoms. The van der Waals surface area contributed by atoms with Crippen LogP contribution in [0.2, 0.25) is 0 Å². The summed E-state index contributed by atoms with van der Waals surface area (Å²) in [6.07, 6.45) is 1.40. The van der Waals surface area contributed by atoms with Crippen LogP contribution >= 0.6 is 0 Å². The zero-order chi connectivity index (χ0) is 23.1.